The van der Waals surface area contributed by atoms with Crippen LogP contribution in [0.3, 0.4) is 0 Å². The molecular formula is C14H20N4O. The van der Waals surface area contributed by atoms with Crippen molar-refractivity contribution in [2.24, 2.45) is 5.92 Å². The van der Waals surface area contributed by atoms with E-state index in [-0.39, 0.29) is 0 Å². The van der Waals surface area contributed by atoms with E-state index in [0.29, 0.717) is 6.04 Å². The topological polar surface area (TPSA) is 62.8 Å². The average molecular weight is 260 g/mol. The third-order valence-corrected chi connectivity index (χ3v) is 3.94. The largest absolute Gasteiger partial charge is 0.384 e. The number of fused-ring (bicyclic) bond motifs is 1. The van der Waals surface area contributed by atoms with Gasteiger partial charge in [0.05, 0.1) is 5.39 Å². The first-order chi connectivity index (χ1) is 9.36. The molecule has 0 atom stereocenters. The first-order valence-electron chi connectivity index (χ1n) is 6.90. The van der Waals surface area contributed by atoms with Crippen molar-refractivity contribution < 1.29 is 4.74 Å². The fourth-order valence-corrected chi connectivity index (χ4v) is 2.89. The summed E-state index contributed by atoms with van der Waals surface area (Å²) in [6.07, 6.45) is 8.34. The van der Waals surface area contributed by atoms with Gasteiger partial charge in [-0.3, -0.25) is 0 Å². The molecule has 2 heterocycles. The van der Waals surface area contributed by atoms with Crippen molar-refractivity contribution in [2.75, 3.05) is 19.0 Å². The molecule has 102 valence electrons. The second kappa shape index (κ2) is 5.57. The molecule has 2 aromatic rings. The number of nitrogens with one attached hydrogen (secondary N) is 2. The number of methoxy groups -OCH3 is 1. The van der Waals surface area contributed by atoms with E-state index in [1.165, 1.54) is 25.7 Å². The van der Waals surface area contributed by atoms with Gasteiger partial charge in [0, 0.05) is 26.0 Å². The van der Waals surface area contributed by atoms with E-state index in [9.17, 15) is 0 Å². The summed E-state index contributed by atoms with van der Waals surface area (Å²) in [6.45, 7) is 0.891. The van der Waals surface area contributed by atoms with Gasteiger partial charge < -0.3 is 15.0 Å². The summed E-state index contributed by atoms with van der Waals surface area (Å²) in [6, 6.07) is 2.54. The van der Waals surface area contributed by atoms with Crippen LogP contribution in [0.5, 0.6) is 0 Å². The Morgan fingerprint density at radius 1 is 1.32 bits per heavy atom. The molecule has 1 fully saturated rings. The standard InChI is InChI=1S/C14H20N4O/c1-19-8-10-2-4-11(5-3-10)18-14-12-6-7-15-13(12)16-9-17-14/h6-7,9-11H,2-5,8H2,1H3,(H2,15,16,17,18). The first-order valence-corrected chi connectivity index (χ1v) is 6.90. The number of nitrogens with zero attached hydrogens (tertiary/aromatic N) is 2. The molecule has 2 aromatic heterocycles. The lowest BCUT2D eigenvalue weighted by molar-refractivity contribution is 0.129. The maximum Gasteiger partial charge on any atom is 0.142 e. The molecule has 1 saturated carbocycles. The SMILES string of the molecule is COCC1CCC(Nc2ncnc3[nH]ccc23)CC1. The second-order valence-corrected chi connectivity index (χ2v) is 5.28. The molecular weight excluding hydrogens is 240 g/mol. The number of H-pyrrole nitrogens is 1. The van der Waals surface area contributed by atoms with Crippen LogP contribution in [0.1, 0.15) is 25.7 Å². The molecule has 0 saturated heterocycles. The van der Waals surface area contributed by atoms with Crippen LogP contribution in [-0.4, -0.2) is 34.7 Å². The van der Waals surface area contributed by atoms with Gasteiger partial charge in [-0.05, 0) is 37.7 Å². The Morgan fingerprint density at radius 3 is 2.95 bits per heavy atom. The molecule has 5 heteroatoms. The number of hydrogen-bond acceptors (Lipinski definition) is 4. The van der Waals surface area contributed by atoms with Gasteiger partial charge in [0.15, 0.2) is 0 Å². The van der Waals surface area contributed by atoms with E-state index in [1.54, 1.807) is 13.4 Å². The molecule has 0 aliphatic heterocycles. The Morgan fingerprint density at radius 2 is 2.16 bits per heavy atom. The van der Waals surface area contributed by atoms with E-state index < -0.39 is 0 Å². The maximum absolute atomic E-state index is 5.24. The number of hydrogen-bond donors (Lipinski definition) is 2. The summed E-state index contributed by atoms with van der Waals surface area (Å²) in [5.74, 6) is 1.67. The lowest BCUT2D eigenvalue weighted by Crippen LogP contribution is -2.28. The Hall–Kier alpha value is -1.62. The van der Waals surface area contributed by atoms with Gasteiger partial charge in [0.1, 0.15) is 17.8 Å². The first kappa shape index (κ1) is 12.4. The molecule has 2 N–H and O–H groups in total. The summed E-state index contributed by atoms with van der Waals surface area (Å²) in [5.41, 5.74) is 0.894. The highest BCUT2D eigenvalue weighted by molar-refractivity contribution is 5.86. The minimum Gasteiger partial charge on any atom is -0.384 e. The van der Waals surface area contributed by atoms with Crippen LogP contribution in [0, 0.1) is 5.92 Å². The van der Waals surface area contributed by atoms with Crippen LogP contribution in [-0.2, 0) is 4.74 Å². The van der Waals surface area contributed by atoms with Gasteiger partial charge in [0.2, 0.25) is 0 Å². The average Bonchev–Trinajstić information content (AvgIpc) is 2.91. The predicted octanol–water partition coefficient (Wildman–Crippen LogP) is 2.58. The number of aromatic amines is 1. The third-order valence-electron chi connectivity index (χ3n) is 3.94. The van der Waals surface area contributed by atoms with Gasteiger partial charge >= 0.3 is 0 Å². The van der Waals surface area contributed by atoms with E-state index in [2.05, 4.69) is 20.3 Å². The van der Waals surface area contributed by atoms with Crippen molar-refractivity contribution >= 4 is 16.9 Å². The highest BCUT2D eigenvalue weighted by atomic mass is 16.5. The fourth-order valence-electron chi connectivity index (χ4n) is 2.89. The number of ether oxygens (including phenoxy) is 1. The normalized spacial score (nSPS) is 23.6. The summed E-state index contributed by atoms with van der Waals surface area (Å²) >= 11 is 0. The van der Waals surface area contributed by atoms with Gasteiger partial charge in [-0.1, -0.05) is 0 Å². The number of aromatic nitrogens is 3. The van der Waals surface area contributed by atoms with Crippen molar-refractivity contribution in [2.45, 2.75) is 31.7 Å². The molecule has 0 aromatic carbocycles. The summed E-state index contributed by atoms with van der Waals surface area (Å²) in [7, 11) is 1.79. The van der Waals surface area contributed by atoms with Crippen LogP contribution >= 0.6 is 0 Å². The van der Waals surface area contributed by atoms with E-state index in [0.717, 1.165) is 29.4 Å². The molecule has 1 aliphatic rings. The number of rotatable bonds is 4. The summed E-state index contributed by atoms with van der Waals surface area (Å²) in [4.78, 5) is 11.7. The zero-order chi connectivity index (χ0) is 13.1. The van der Waals surface area contributed by atoms with E-state index in [4.69, 9.17) is 4.74 Å². The minimum atomic E-state index is 0.515. The quantitative estimate of drug-likeness (QED) is 0.887. The zero-order valence-corrected chi connectivity index (χ0v) is 11.2. The van der Waals surface area contributed by atoms with E-state index >= 15 is 0 Å². The minimum absolute atomic E-state index is 0.515. The molecule has 0 bridgehead atoms. The van der Waals surface area contributed by atoms with Gasteiger partial charge in [-0.2, -0.15) is 0 Å². The molecule has 0 unspecified atom stereocenters. The lowest BCUT2D eigenvalue weighted by Gasteiger charge is -2.29. The highest BCUT2D eigenvalue weighted by Crippen LogP contribution is 2.27. The third kappa shape index (κ3) is 2.71. The maximum atomic E-state index is 5.24. The van der Waals surface area contributed by atoms with Crippen molar-refractivity contribution in [3.05, 3.63) is 18.6 Å². The molecule has 3 rings (SSSR count). The predicted molar refractivity (Wildman–Crippen MR) is 75.1 cm³/mol. The molecule has 19 heavy (non-hydrogen) atoms. The monoisotopic (exact) mass is 260 g/mol. The van der Waals surface area contributed by atoms with Crippen LogP contribution in [0.2, 0.25) is 0 Å². The van der Waals surface area contributed by atoms with Gasteiger partial charge in [-0.25, -0.2) is 9.97 Å². The summed E-state index contributed by atoms with van der Waals surface area (Å²) < 4.78 is 5.24. The smallest absolute Gasteiger partial charge is 0.142 e. The fraction of sp³-hybridized carbons (Fsp3) is 0.571. The Balaban J connectivity index is 1.65. The Bertz CT molecular complexity index is 531. The molecule has 1 aliphatic carbocycles. The molecule has 5 nitrogen and oxygen atoms in total. The second-order valence-electron chi connectivity index (χ2n) is 5.28. The highest BCUT2D eigenvalue weighted by Gasteiger charge is 2.21. The van der Waals surface area contributed by atoms with Gasteiger partial charge in [-0.15, -0.1) is 0 Å². The Labute approximate surface area is 112 Å². The zero-order valence-electron chi connectivity index (χ0n) is 11.2. The summed E-state index contributed by atoms with van der Waals surface area (Å²) in [5, 5.41) is 4.63. The van der Waals surface area contributed by atoms with Crippen LogP contribution in [0.25, 0.3) is 11.0 Å². The van der Waals surface area contributed by atoms with Crippen molar-refractivity contribution in [1.29, 1.82) is 0 Å². The van der Waals surface area contributed by atoms with Crippen LogP contribution in [0.15, 0.2) is 18.6 Å². The number of anilines is 1. The molecule has 0 amide bonds. The Kier molecular flexibility index (Phi) is 3.64. The lowest BCUT2D eigenvalue weighted by atomic mass is 9.86. The van der Waals surface area contributed by atoms with Crippen molar-refractivity contribution in [3.8, 4) is 0 Å². The van der Waals surface area contributed by atoms with Crippen molar-refractivity contribution in [1.82, 2.24) is 15.0 Å². The van der Waals surface area contributed by atoms with Crippen molar-refractivity contribution in [3.63, 3.8) is 0 Å². The van der Waals surface area contributed by atoms with Gasteiger partial charge in [0.25, 0.3) is 0 Å². The van der Waals surface area contributed by atoms with E-state index in [1.807, 2.05) is 12.3 Å². The van der Waals surface area contributed by atoms with Crippen LogP contribution in [0.4, 0.5) is 5.82 Å². The van der Waals surface area contributed by atoms with Crippen LogP contribution < -0.4 is 5.32 Å². The molecule has 0 radical (unpaired) electrons. The molecule has 0 spiro atoms.